The van der Waals surface area contributed by atoms with Crippen molar-refractivity contribution in [1.82, 2.24) is 5.32 Å². The van der Waals surface area contributed by atoms with Gasteiger partial charge in [0.2, 0.25) is 11.8 Å². The molecule has 0 aliphatic carbocycles. The fourth-order valence-corrected chi connectivity index (χ4v) is 2.68. The van der Waals surface area contributed by atoms with Gasteiger partial charge in [0, 0.05) is 31.5 Å². The van der Waals surface area contributed by atoms with Crippen molar-refractivity contribution in [2.75, 3.05) is 18.0 Å². The number of hydrogen-bond donors (Lipinski definition) is 1. The van der Waals surface area contributed by atoms with Crippen LogP contribution in [0.4, 0.5) is 5.69 Å². The highest BCUT2D eigenvalue weighted by Gasteiger charge is 2.16. The third-order valence-corrected chi connectivity index (χ3v) is 4.16. The van der Waals surface area contributed by atoms with Gasteiger partial charge in [-0.3, -0.25) is 9.59 Å². The van der Waals surface area contributed by atoms with Crippen LogP contribution in [-0.4, -0.2) is 24.9 Å². The molecule has 0 saturated heterocycles. The predicted molar refractivity (Wildman–Crippen MR) is 102 cm³/mol. The molecular formula is C20H20ClN3O2. The molecule has 2 aromatic rings. The van der Waals surface area contributed by atoms with Gasteiger partial charge in [0.25, 0.3) is 0 Å². The Bertz CT molecular complexity index is 813. The van der Waals surface area contributed by atoms with Crippen molar-refractivity contribution in [3.05, 3.63) is 64.7 Å². The molecule has 0 heterocycles. The van der Waals surface area contributed by atoms with Gasteiger partial charge in [-0.1, -0.05) is 35.9 Å². The molecule has 0 fully saturated rings. The molecule has 0 saturated carbocycles. The molecule has 134 valence electrons. The van der Waals surface area contributed by atoms with E-state index in [-0.39, 0.29) is 24.8 Å². The SMILES string of the molecule is CC(=O)N(CCC(=O)NCCc1ccc(Cl)cc1)c1ccccc1C#N. The van der Waals surface area contributed by atoms with Crippen molar-refractivity contribution < 1.29 is 9.59 Å². The molecule has 2 aromatic carbocycles. The molecule has 0 bridgehead atoms. The summed E-state index contributed by atoms with van der Waals surface area (Å²) in [5.74, 6) is -0.346. The van der Waals surface area contributed by atoms with E-state index >= 15 is 0 Å². The summed E-state index contributed by atoms with van der Waals surface area (Å²) in [5, 5.41) is 12.7. The lowest BCUT2D eigenvalue weighted by molar-refractivity contribution is -0.121. The molecule has 2 rings (SSSR count). The average molecular weight is 370 g/mol. The molecule has 0 unspecified atom stereocenters. The second kappa shape index (κ2) is 9.59. The standard InChI is InChI=1S/C20H20ClN3O2/c1-15(25)24(19-5-3-2-4-17(19)14-22)13-11-20(26)23-12-10-16-6-8-18(21)9-7-16/h2-9H,10-13H2,1H3,(H,23,26). The van der Waals surface area contributed by atoms with Crippen LogP contribution in [0, 0.1) is 11.3 Å². The van der Waals surface area contributed by atoms with Crippen molar-refractivity contribution in [3.8, 4) is 6.07 Å². The number of halogens is 1. The Morgan fingerprint density at radius 1 is 1.15 bits per heavy atom. The fourth-order valence-electron chi connectivity index (χ4n) is 2.55. The van der Waals surface area contributed by atoms with Crippen LogP contribution in [0.3, 0.4) is 0 Å². The molecule has 1 N–H and O–H groups in total. The smallest absolute Gasteiger partial charge is 0.223 e. The number of benzene rings is 2. The van der Waals surface area contributed by atoms with Gasteiger partial charge < -0.3 is 10.2 Å². The zero-order valence-corrected chi connectivity index (χ0v) is 15.3. The predicted octanol–water partition coefficient (Wildman–Crippen LogP) is 3.31. The van der Waals surface area contributed by atoms with Gasteiger partial charge in [-0.2, -0.15) is 5.26 Å². The van der Waals surface area contributed by atoms with Gasteiger partial charge in [0.1, 0.15) is 6.07 Å². The molecule has 0 aromatic heterocycles. The number of carbonyl (C=O) groups excluding carboxylic acids is 2. The number of nitrogens with zero attached hydrogens (tertiary/aromatic N) is 2. The lowest BCUT2D eigenvalue weighted by atomic mass is 10.1. The van der Waals surface area contributed by atoms with Crippen molar-refractivity contribution in [1.29, 1.82) is 5.26 Å². The van der Waals surface area contributed by atoms with Crippen LogP contribution in [-0.2, 0) is 16.0 Å². The monoisotopic (exact) mass is 369 g/mol. The van der Waals surface area contributed by atoms with E-state index in [1.54, 1.807) is 24.3 Å². The minimum atomic E-state index is -0.207. The molecular weight excluding hydrogens is 350 g/mol. The second-order valence-electron chi connectivity index (χ2n) is 5.78. The van der Waals surface area contributed by atoms with Gasteiger partial charge in [0.15, 0.2) is 0 Å². The van der Waals surface area contributed by atoms with Gasteiger partial charge in [-0.05, 0) is 36.2 Å². The minimum Gasteiger partial charge on any atom is -0.356 e. The number of rotatable bonds is 7. The van der Waals surface area contributed by atoms with Crippen LogP contribution < -0.4 is 10.2 Å². The highest BCUT2D eigenvalue weighted by atomic mass is 35.5. The first-order valence-electron chi connectivity index (χ1n) is 8.29. The van der Waals surface area contributed by atoms with Crippen LogP contribution in [0.5, 0.6) is 0 Å². The Hall–Kier alpha value is -2.84. The second-order valence-corrected chi connectivity index (χ2v) is 6.21. The topological polar surface area (TPSA) is 73.2 Å². The summed E-state index contributed by atoms with van der Waals surface area (Å²) in [6.45, 7) is 2.16. The van der Waals surface area contributed by atoms with Crippen molar-refractivity contribution in [2.24, 2.45) is 0 Å². The van der Waals surface area contributed by atoms with Gasteiger partial charge in [0.05, 0.1) is 11.3 Å². The zero-order chi connectivity index (χ0) is 18.9. The summed E-state index contributed by atoms with van der Waals surface area (Å²) in [4.78, 5) is 25.4. The summed E-state index contributed by atoms with van der Waals surface area (Å²) >= 11 is 5.84. The van der Waals surface area contributed by atoms with Gasteiger partial charge >= 0.3 is 0 Å². The lowest BCUT2D eigenvalue weighted by Gasteiger charge is -2.22. The first kappa shape index (κ1) is 19.5. The van der Waals surface area contributed by atoms with E-state index in [1.165, 1.54) is 11.8 Å². The lowest BCUT2D eigenvalue weighted by Crippen LogP contribution is -2.34. The summed E-state index contributed by atoms with van der Waals surface area (Å²) in [7, 11) is 0. The van der Waals surface area contributed by atoms with Crippen molar-refractivity contribution >= 4 is 29.1 Å². The van der Waals surface area contributed by atoms with E-state index in [0.717, 1.165) is 5.56 Å². The molecule has 2 amide bonds. The molecule has 0 aliphatic heterocycles. The summed E-state index contributed by atoms with van der Waals surface area (Å²) < 4.78 is 0. The van der Waals surface area contributed by atoms with Crippen molar-refractivity contribution in [3.63, 3.8) is 0 Å². The Balaban J connectivity index is 1.86. The first-order chi connectivity index (χ1) is 12.5. The van der Waals surface area contributed by atoms with Gasteiger partial charge in [-0.15, -0.1) is 0 Å². The Morgan fingerprint density at radius 3 is 2.50 bits per heavy atom. The van der Waals surface area contributed by atoms with E-state index in [0.29, 0.717) is 29.2 Å². The first-order valence-corrected chi connectivity index (χ1v) is 8.67. The summed E-state index contributed by atoms with van der Waals surface area (Å²) in [6.07, 6.45) is 0.872. The Morgan fingerprint density at radius 2 is 1.85 bits per heavy atom. The summed E-state index contributed by atoms with van der Waals surface area (Å²) in [5.41, 5.74) is 2.02. The maximum Gasteiger partial charge on any atom is 0.223 e. The van der Waals surface area contributed by atoms with Crippen LogP contribution in [0.25, 0.3) is 0 Å². The number of nitriles is 1. The minimum absolute atomic E-state index is 0.139. The number of para-hydroxylation sites is 1. The average Bonchev–Trinajstić information content (AvgIpc) is 2.63. The Kier molecular flexibility index (Phi) is 7.19. The van der Waals surface area contributed by atoms with E-state index < -0.39 is 0 Å². The van der Waals surface area contributed by atoms with E-state index in [9.17, 15) is 14.9 Å². The largest absolute Gasteiger partial charge is 0.356 e. The molecule has 0 atom stereocenters. The normalized spacial score (nSPS) is 10.0. The number of nitrogens with one attached hydrogen (secondary N) is 1. The summed E-state index contributed by atoms with van der Waals surface area (Å²) in [6, 6.07) is 16.4. The maximum atomic E-state index is 12.1. The maximum absolute atomic E-state index is 12.1. The Labute approximate surface area is 158 Å². The molecule has 0 spiro atoms. The molecule has 26 heavy (non-hydrogen) atoms. The molecule has 0 radical (unpaired) electrons. The van der Waals surface area contributed by atoms with E-state index in [1.807, 2.05) is 24.3 Å². The quantitative estimate of drug-likeness (QED) is 0.813. The van der Waals surface area contributed by atoms with E-state index in [4.69, 9.17) is 11.6 Å². The van der Waals surface area contributed by atoms with Crippen LogP contribution in [0.15, 0.2) is 48.5 Å². The fraction of sp³-hybridized carbons (Fsp3) is 0.250. The van der Waals surface area contributed by atoms with E-state index in [2.05, 4.69) is 11.4 Å². The molecule has 5 nitrogen and oxygen atoms in total. The highest BCUT2D eigenvalue weighted by Crippen LogP contribution is 2.20. The van der Waals surface area contributed by atoms with Crippen LogP contribution in [0.1, 0.15) is 24.5 Å². The number of amides is 2. The molecule has 0 aliphatic rings. The van der Waals surface area contributed by atoms with Gasteiger partial charge in [-0.25, -0.2) is 0 Å². The van der Waals surface area contributed by atoms with Crippen molar-refractivity contribution in [2.45, 2.75) is 19.8 Å². The number of hydrogen-bond acceptors (Lipinski definition) is 3. The zero-order valence-electron chi connectivity index (χ0n) is 14.5. The third kappa shape index (κ3) is 5.61. The van der Waals surface area contributed by atoms with Crippen LogP contribution in [0.2, 0.25) is 5.02 Å². The number of carbonyl (C=O) groups is 2. The highest BCUT2D eigenvalue weighted by molar-refractivity contribution is 6.30. The van der Waals surface area contributed by atoms with Crippen LogP contribution >= 0.6 is 11.6 Å². The number of anilines is 1. The third-order valence-electron chi connectivity index (χ3n) is 3.91. The molecule has 6 heteroatoms.